The van der Waals surface area contributed by atoms with Crippen molar-refractivity contribution < 1.29 is 19.1 Å². The summed E-state index contributed by atoms with van der Waals surface area (Å²) < 4.78 is 10.6. The molecule has 1 N–H and O–H groups in total. The van der Waals surface area contributed by atoms with Crippen LogP contribution in [0.1, 0.15) is 30.4 Å². The highest BCUT2D eigenvalue weighted by Gasteiger charge is 2.19. The molecule has 1 fully saturated rings. The van der Waals surface area contributed by atoms with Gasteiger partial charge in [-0.15, -0.1) is 0 Å². The van der Waals surface area contributed by atoms with Gasteiger partial charge >= 0.3 is 0 Å². The molecule has 6 heteroatoms. The predicted molar refractivity (Wildman–Crippen MR) is 114 cm³/mol. The van der Waals surface area contributed by atoms with Gasteiger partial charge in [-0.05, 0) is 60.9 Å². The molecule has 0 atom stereocenters. The summed E-state index contributed by atoms with van der Waals surface area (Å²) in [5, 5.41) is 2.74. The number of rotatable bonds is 4. The summed E-state index contributed by atoms with van der Waals surface area (Å²) in [6.07, 6.45) is 5.80. The van der Waals surface area contributed by atoms with Crippen molar-refractivity contribution in [2.75, 3.05) is 24.8 Å². The summed E-state index contributed by atoms with van der Waals surface area (Å²) in [4.78, 5) is 25.8. The van der Waals surface area contributed by atoms with E-state index in [1.807, 2.05) is 47.4 Å². The van der Waals surface area contributed by atoms with Crippen LogP contribution in [-0.4, -0.2) is 31.7 Å². The number of fused-ring (bicyclic) bond motifs is 1. The van der Waals surface area contributed by atoms with Crippen molar-refractivity contribution >= 4 is 23.6 Å². The van der Waals surface area contributed by atoms with Crippen molar-refractivity contribution in [1.29, 1.82) is 0 Å². The third-order valence-electron chi connectivity index (χ3n) is 4.91. The molecule has 0 saturated carbocycles. The molecule has 2 aliphatic heterocycles. The molecular formula is C24H22N2O4. The Bertz CT molecular complexity index is 1030. The molecule has 2 aromatic carbocycles. The van der Waals surface area contributed by atoms with Crippen LogP contribution in [0, 0.1) is 11.8 Å². The molecule has 30 heavy (non-hydrogen) atoms. The van der Waals surface area contributed by atoms with Crippen molar-refractivity contribution in [2.24, 2.45) is 0 Å². The fourth-order valence-electron chi connectivity index (χ4n) is 3.33. The van der Waals surface area contributed by atoms with E-state index >= 15 is 0 Å². The maximum atomic E-state index is 12.0. The molecule has 1 saturated heterocycles. The van der Waals surface area contributed by atoms with Crippen molar-refractivity contribution in [2.45, 2.75) is 19.3 Å². The van der Waals surface area contributed by atoms with Crippen LogP contribution in [0.15, 0.2) is 48.5 Å². The summed E-state index contributed by atoms with van der Waals surface area (Å²) >= 11 is 0. The first-order chi connectivity index (χ1) is 14.7. The van der Waals surface area contributed by atoms with Crippen LogP contribution in [0.4, 0.5) is 5.69 Å². The molecule has 4 rings (SSSR count). The summed E-state index contributed by atoms with van der Waals surface area (Å²) in [6, 6.07) is 13.1. The number of carbonyl (C=O) groups excluding carboxylic acids is 2. The molecule has 0 aromatic heterocycles. The number of benzene rings is 2. The highest BCUT2D eigenvalue weighted by Crippen LogP contribution is 2.32. The minimum Gasteiger partial charge on any atom is -0.454 e. The second kappa shape index (κ2) is 9.19. The first kappa shape index (κ1) is 19.6. The largest absolute Gasteiger partial charge is 0.454 e. The molecule has 0 unspecified atom stereocenters. The van der Waals surface area contributed by atoms with Crippen LogP contribution in [0.5, 0.6) is 11.5 Å². The molecule has 0 spiro atoms. The Labute approximate surface area is 175 Å². The van der Waals surface area contributed by atoms with Crippen molar-refractivity contribution in [3.63, 3.8) is 0 Å². The summed E-state index contributed by atoms with van der Waals surface area (Å²) in [5.74, 6) is 7.31. The number of hydrogen-bond donors (Lipinski definition) is 1. The van der Waals surface area contributed by atoms with Crippen molar-refractivity contribution in [3.8, 4) is 23.3 Å². The average molecular weight is 402 g/mol. The topological polar surface area (TPSA) is 67.9 Å². The van der Waals surface area contributed by atoms with Gasteiger partial charge in [0.1, 0.15) is 0 Å². The van der Waals surface area contributed by atoms with E-state index in [0.29, 0.717) is 17.9 Å². The first-order valence-corrected chi connectivity index (χ1v) is 9.94. The van der Waals surface area contributed by atoms with E-state index in [1.165, 1.54) is 6.08 Å². The Morgan fingerprint density at radius 3 is 2.77 bits per heavy atom. The first-order valence-electron chi connectivity index (χ1n) is 9.94. The van der Waals surface area contributed by atoms with Crippen LogP contribution in [0.3, 0.4) is 0 Å². The fourth-order valence-corrected chi connectivity index (χ4v) is 3.33. The van der Waals surface area contributed by atoms with E-state index < -0.39 is 0 Å². The third-order valence-corrected chi connectivity index (χ3v) is 4.91. The van der Waals surface area contributed by atoms with Crippen molar-refractivity contribution in [3.05, 3.63) is 59.7 Å². The highest BCUT2D eigenvalue weighted by atomic mass is 16.7. The third kappa shape index (κ3) is 4.81. The number of anilines is 1. The van der Waals surface area contributed by atoms with Crippen LogP contribution in [0.25, 0.3) is 6.08 Å². The maximum Gasteiger partial charge on any atom is 0.244 e. The highest BCUT2D eigenvalue weighted by molar-refractivity contribution is 5.94. The number of ether oxygens (including phenoxy) is 2. The van der Waals surface area contributed by atoms with Crippen LogP contribution >= 0.6 is 0 Å². The van der Waals surface area contributed by atoms with E-state index in [2.05, 4.69) is 17.2 Å². The van der Waals surface area contributed by atoms with Crippen molar-refractivity contribution in [1.82, 2.24) is 5.32 Å². The van der Waals surface area contributed by atoms with Crippen LogP contribution < -0.4 is 19.7 Å². The number of hydrogen-bond acceptors (Lipinski definition) is 4. The van der Waals surface area contributed by atoms with Gasteiger partial charge < -0.3 is 19.7 Å². The Morgan fingerprint density at radius 1 is 1.10 bits per heavy atom. The van der Waals surface area contributed by atoms with Gasteiger partial charge in [0.05, 0.1) is 6.54 Å². The zero-order chi connectivity index (χ0) is 20.8. The second-order valence-electron chi connectivity index (χ2n) is 7.01. The SMILES string of the molecule is O=C(/C=C/c1ccc2c(c1)OCO2)NCC#Cc1ccc(N2CCCCC2=O)cc1. The van der Waals surface area contributed by atoms with Crippen LogP contribution in [0.2, 0.25) is 0 Å². The monoisotopic (exact) mass is 402 g/mol. The Balaban J connectivity index is 1.26. The Kier molecular flexibility index (Phi) is 6.00. The number of piperidine rings is 1. The van der Waals surface area contributed by atoms with E-state index in [1.54, 1.807) is 6.08 Å². The smallest absolute Gasteiger partial charge is 0.244 e. The van der Waals surface area contributed by atoms with Gasteiger partial charge in [0.25, 0.3) is 0 Å². The number of amides is 2. The minimum absolute atomic E-state index is 0.177. The van der Waals surface area contributed by atoms with E-state index in [4.69, 9.17) is 9.47 Å². The van der Waals surface area contributed by atoms with Gasteiger partial charge in [-0.25, -0.2) is 0 Å². The summed E-state index contributed by atoms with van der Waals surface area (Å²) in [6.45, 7) is 1.24. The van der Waals surface area contributed by atoms with E-state index in [9.17, 15) is 9.59 Å². The molecular weight excluding hydrogens is 380 g/mol. The maximum absolute atomic E-state index is 12.0. The second-order valence-corrected chi connectivity index (χ2v) is 7.01. The minimum atomic E-state index is -0.221. The molecule has 6 nitrogen and oxygen atoms in total. The quantitative estimate of drug-likeness (QED) is 0.630. The zero-order valence-electron chi connectivity index (χ0n) is 16.5. The molecule has 2 aromatic rings. The molecule has 152 valence electrons. The summed E-state index contributed by atoms with van der Waals surface area (Å²) in [5.41, 5.74) is 2.60. The zero-order valence-corrected chi connectivity index (χ0v) is 16.5. The lowest BCUT2D eigenvalue weighted by molar-refractivity contribution is -0.119. The van der Waals surface area contributed by atoms with Gasteiger partial charge in [0.15, 0.2) is 11.5 Å². The van der Waals surface area contributed by atoms with Crippen LogP contribution in [-0.2, 0) is 9.59 Å². The standard InChI is InChI=1S/C24H22N2O4/c27-23(13-9-19-8-12-21-22(16-19)30-17-29-21)25-14-3-4-18-6-10-20(11-7-18)26-15-2-1-5-24(26)28/h6-13,16H,1-2,5,14-15,17H2,(H,25,27)/b13-9+. The molecule has 0 aliphatic carbocycles. The van der Waals surface area contributed by atoms with Gasteiger partial charge in [-0.2, -0.15) is 0 Å². The average Bonchev–Trinajstić information content (AvgIpc) is 3.24. The van der Waals surface area contributed by atoms with Gasteiger partial charge in [-0.1, -0.05) is 17.9 Å². The number of nitrogens with zero attached hydrogens (tertiary/aromatic N) is 1. The molecule has 0 bridgehead atoms. The van der Waals surface area contributed by atoms with Gasteiger partial charge in [0.2, 0.25) is 18.6 Å². The molecule has 0 radical (unpaired) electrons. The predicted octanol–water partition coefficient (Wildman–Crippen LogP) is 3.11. The van der Waals surface area contributed by atoms with E-state index in [-0.39, 0.29) is 25.2 Å². The fraction of sp³-hybridized carbons (Fsp3) is 0.250. The lowest BCUT2D eigenvalue weighted by Gasteiger charge is -2.26. The number of nitrogens with one attached hydrogen (secondary N) is 1. The molecule has 2 heterocycles. The van der Waals surface area contributed by atoms with E-state index in [0.717, 1.165) is 36.2 Å². The normalized spacial score (nSPS) is 15.1. The number of carbonyl (C=O) groups is 2. The lowest BCUT2D eigenvalue weighted by Crippen LogP contribution is -2.35. The van der Waals surface area contributed by atoms with Gasteiger partial charge in [0, 0.05) is 30.3 Å². The lowest BCUT2D eigenvalue weighted by atomic mass is 10.1. The van der Waals surface area contributed by atoms with Gasteiger partial charge in [-0.3, -0.25) is 9.59 Å². The Morgan fingerprint density at radius 2 is 1.93 bits per heavy atom. The Hall–Kier alpha value is -3.72. The summed E-state index contributed by atoms with van der Waals surface area (Å²) in [7, 11) is 0. The molecule has 2 amide bonds. The molecule has 2 aliphatic rings.